The van der Waals surface area contributed by atoms with Gasteiger partial charge in [-0.15, -0.1) is 0 Å². The van der Waals surface area contributed by atoms with E-state index in [1.807, 2.05) is 37.3 Å². The maximum atomic E-state index is 13.2. The number of β-amino-alcohol motifs (C(OH)–C–C–N with tert-alkyl or cyclic N) is 1. The number of carbonyl (C=O) groups is 2. The highest BCUT2D eigenvalue weighted by atomic mass is 16.5. The van der Waals surface area contributed by atoms with Crippen molar-refractivity contribution < 1.29 is 23.8 Å². The van der Waals surface area contributed by atoms with Crippen molar-refractivity contribution in [3.05, 3.63) is 72.2 Å². The van der Waals surface area contributed by atoms with Crippen molar-refractivity contribution in [3.8, 4) is 17.1 Å². The fraction of sp³-hybridized carbons (Fsp3) is 0.346. The van der Waals surface area contributed by atoms with E-state index in [1.165, 1.54) is 11.3 Å². The number of rotatable bonds is 9. The Morgan fingerprint density at radius 2 is 2.03 bits per heavy atom. The maximum absolute atomic E-state index is 13.2. The van der Waals surface area contributed by atoms with E-state index in [0.717, 1.165) is 17.5 Å². The molecule has 0 bridgehead atoms. The number of nitrogens with zero attached hydrogens (tertiary/aromatic N) is 2. The van der Waals surface area contributed by atoms with Crippen molar-refractivity contribution in [2.75, 3.05) is 13.2 Å². The lowest BCUT2D eigenvalue weighted by molar-refractivity contribution is -0.122. The van der Waals surface area contributed by atoms with Crippen molar-refractivity contribution in [2.45, 2.75) is 44.8 Å². The Balaban J connectivity index is 1.39. The van der Waals surface area contributed by atoms with Crippen LogP contribution in [0, 0.1) is 0 Å². The van der Waals surface area contributed by atoms with Crippen molar-refractivity contribution in [3.63, 3.8) is 0 Å². The van der Waals surface area contributed by atoms with Gasteiger partial charge >= 0.3 is 0 Å². The molecular formula is C26H28N2O5. The predicted molar refractivity (Wildman–Crippen MR) is 123 cm³/mol. The molecule has 0 spiro atoms. The van der Waals surface area contributed by atoms with Crippen molar-refractivity contribution in [1.82, 2.24) is 9.88 Å². The van der Waals surface area contributed by atoms with Crippen molar-refractivity contribution >= 4 is 11.7 Å². The summed E-state index contributed by atoms with van der Waals surface area (Å²) in [4.78, 5) is 31.6. The third-order valence-electron chi connectivity index (χ3n) is 5.80. The number of likely N-dealkylation sites (tertiary alicyclic amines) is 1. The van der Waals surface area contributed by atoms with E-state index in [2.05, 4.69) is 4.98 Å². The molecule has 33 heavy (non-hydrogen) atoms. The Hall–Kier alpha value is -3.45. The molecule has 2 heterocycles. The monoisotopic (exact) mass is 448 g/mol. The topological polar surface area (TPSA) is 92.9 Å². The summed E-state index contributed by atoms with van der Waals surface area (Å²) in [6.45, 7) is 2.74. The molecule has 7 nitrogen and oxygen atoms in total. The Morgan fingerprint density at radius 1 is 1.21 bits per heavy atom. The molecule has 0 unspecified atom stereocenters. The predicted octanol–water partition coefficient (Wildman–Crippen LogP) is 3.91. The Bertz CT molecular complexity index is 1080. The molecule has 2 atom stereocenters. The number of aromatic nitrogens is 1. The van der Waals surface area contributed by atoms with Gasteiger partial charge in [0.05, 0.1) is 24.9 Å². The second kappa shape index (κ2) is 10.4. The molecular weight excluding hydrogens is 420 g/mol. The maximum Gasteiger partial charge on any atom is 0.254 e. The first-order valence-electron chi connectivity index (χ1n) is 11.3. The van der Waals surface area contributed by atoms with E-state index in [1.54, 1.807) is 24.4 Å². The summed E-state index contributed by atoms with van der Waals surface area (Å²) in [5.74, 6) is 1.01. The van der Waals surface area contributed by atoms with Gasteiger partial charge in [-0.1, -0.05) is 37.3 Å². The second-order valence-electron chi connectivity index (χ2n) is 8.27. The van der Waals surface area contributed by atoms with Gasteiger partial charge in [-0.05, 0) is 36.6 Å². The molecule has 3 aromatic rings. The number of benzene rings is 2. The van der Waals surface area contributed by atoms with Crippen LogP contribution in [0.1, 0.15) is 42.1 Å². The number of carbonyl (C=O) groups excluding carboxylic acids is 2. The summed E-state index contributed by atoms with van der Waals surface area (Å²) in [6.07, 6.45) is 4.33. The number of aliphatic hydroxyl groups is 1. The zero-order valence-electron chi connectivity index (χ0n) is 18.6. The largest absolute Gasteiger partial charge is 0.494 e. The minimum Gasteiger partial charge on any atom is -0.494 e. The summed E-state index contributed by atoms with van der Waals surface area (Å²) in [7, 11) is 0. The van der Waals surface area contributed by atoms with Gasteiger partial charge in [0.2, 0.25) is 0 Å². The lowest BCUT2D eigenvalue weighted by Crippen LogP contribution is -2.40. The molecule has 172 valence electrons. The fourth-order valence-electron chi connectivity index (χ4n) is 4.08. The average Bonchev–Trinajstić information content (AvgIpc) is 3.51. The van der Waals surface area contributed by atoms with E-state index < -0.39 is 12.1 Å². The molecule has 1 aromatic heterocycles. The van der Waals surface area contributed by atoms with Crippen molar-refractivity contribution in [1.29, 1.82) is 0 Å². The quantitative estimate of drug-likeness (QED) is 0.534. The average molecular weight is 449 g/mol. The lowest BCUT2D eigenvalue weighted by atomic mass is 10.00. The highest BCUT2D eigenvalue weighted by molar-refractivity contribution is 5.98. The van der Waals surface area contributed by atoms with Gasteiger partial charge in [0.25, 0.3) is 5.91 Å². The second-order valence-corrected chi connectivity index (χ2v) is 8.27. The number of hydrogen-bond donors (Lipinski definition) is 1. The first-order chi connectivity index (χ1) is 16.0. The van der Waals surface area contributed by atoms with Crippen molar-refractivity contribution in [2.24, 2.45) is 0 Å². The number of aliphatic hydroxyl groups excluding tert-OH is 1. The van der Waals surface area contributed by atoms with Crippen LogP contribution in [-0.4, -0.2) is 52.0 Å². The third kappa shape index (κ3) is 5.49. The highest BCUT2D eigenvalue weighted by Gasteiger charge is 2.38. The number of ketones is 1. The summed E-state index contributed by atoms with van der Waals surface area (Å²) < 4.78 is 10.9. The smallest absolute Gasteiger partial charge is 0.254 e. The van der Waals surface area contributed by atoms with Gasteiger partial charge in [0.1, 0.15) is 5.75 Å². The highest BCUT2D eigenvalue weighted by Crippen LogP contribution is 2.25. The first-order valence-corrected chi connectivity index (χ1v) is 11.3. The molecule has 1 aliphatic heterocycles. The molecule has 1 amide bonds. The summed E-state index contributed by atoms with van der Waals surface area (Å²) in [6, 6.07) is 14.1. The van der Waals surface area contributed by atoms with Crippen LogP contribution in [0.25, 0.3) is 11.3 Å². The molecule has 7 heteroatoms. The molecule has 1 N–H and O–H groups in total. The van der Waals surface area contributed by atoms with E-state index >= 15 is 0 Å². The van der Waals surface area contributed by atoms with Crippen LogP contribution in [0.4, 0.5) is 0 Å². The van der Waals surface area contributed by atoms with Crippen LogP contribution in [0.3, 0.4) is 0 Å². The Kier molecular flexibility index (Phi) is 7.19. The standard InChI is InChI=1S/C26H28N2O5/c1-2-12-32-22-5-3-4-20(13-22)26(31)28-16-21(29)14-23(28)24(30)11-8-18-6-9-19(10-7-18)25-15-27-17-33-25/h3-7,9-10,13,15,17,21,23,29H,2,8,11-12,14,16H2,1H3/t21-,23+/m1/s1. The van der Waals surface area contributed by atoms with Crippen LogP contribution in [0.2, 0.25) is 0 Å². The molecule has 0 saturated carbocycles. The zero-order chi connectivity index (χ0) is 23.2. The molecule has 2 aromatic carbocycles. The van der Waals surface area contributed by atoms with Gasteiger partial charge in [-0.3, -0.25) is 9.59 Å². The lowest BCUT2D eigenvalue weighted by Gasteiger charge is -2.23. The fourth-order valence-corrected chi connectivity index (χ4v) is 4.08. The van der Waals surface area contributed by atoms with E-state index in [-0.39, 0.29) is 24.7 Å². The summed E-state index contributed by atoms with van der Waals surface area (Å²) >= 11 is 0. The number of hydrogen-bond acceptors (Lipinski definition) is 6. The van der Waals surface area contributed by atoms with Crippen LogP contribution in [-0.2, 0) is 11.2 Å². The first kappa shape index (κ1) is 22.7. The molecule has 4 rings (SSSR count). The zero-order valence-corrected chi connectivity index (χ0v) is 18.6. The number of ether oxygens (including phenoxy) is 1. The van der Waals surface area contributed by atoms with Crippen LogP contribution < -0.4 is 4.74 Å². The van der Waals surface area contributed by atoms with E-state index in [0.29, 0.717) is 36.5 Å². The van der Waals surface area contributed by atoms with Gasteiger partial charge in [-0.2, -0.15) is 0 Å². The Labute approximate surface area is 193 Å². The SMILES string of the molecule is CCCOc1cccc(C(=O)N2C[C@H](O)C[C@H]2C(=O)CCc2ccc(-c3cnco3)cc2)c1. The van der Waals surface area contributed by atoms with E-state index in [4.69, 9.17) is 9.15 Å². The minimum atomic E-state index is -0.705. The van der Waals surface area contributed by atoms with Crippen LogP contribution in [0.15, 0.2) is 65.5 Å². The molecule has 1 aliphatic rings. The van der Waals surface area contributed by atoms with Gasteiger partial charge in [0, 0.05) is 30.5 Å². The number of Topliss-reactive ketones (excluding diaryl/α,β-unsaturated/α-hetero) is 1. The molecule has 1 saturated heterocycles. The summed E-state index contributed by atoms with van der Waals surface area (Å²) in [5, 5.41) is 10.2. The van der Waals surface area contributed by atoms with E-state index in [9.17, 15) is 14.7 Å². The molecule has 1 fully saturated rings. The number of oxazole rings is 1. The minimum absolute atomic E-state index is 0.0439. The summed E-state index contributed by atoms with van der Waals surface area (Å²) in [5.41, 5.74) is 2.39. The van der Waals surface area contributed by atoms with Gasteiger partial charge < -0.3 is 19.2 Å². The Morgan fingerprint density at radius 3 is 2.76 bits per heavy atom. The van der Waals surface area contributed by atoms with Crippen LogP contribution >= 0.6 is 0 Å². The van der Waals surface area contributed by atoms with Crippen LogP contribution in [0.5, 0.6) is 5.75 Å². The third-order valence-corrected chi connectivity index (χ3v) is 5.80. The normalized spacial score (nSPS) is 17.8. The van der Waals surface area contributed by atoms with Gasteiger partial charge in [-0.25, -0.2) is 4.98 Å². The van der Waals surface area contributed by atoms with Gasteiger partial charge in [0.15, 0.2) is 17.9 Å². The number of amides is 1. The molecule has 0 radical (unpaired) electrons. The number of aryl methyl sites for hydroxylation is 1. The molecule has 0 aliphatic carbocycles.